The number of rotatable bonds is 7. The zero-order chi connectivity index (χ0) is 19.9. The minimum Gasteiger partial charge on any atom is -0.495 e. The lowest BCUT2D eigenvalue weighted by Gasteiger charge is -2.31. The molecule has 0 aliphatic carbocycles. The zero-order valence-electron chi connectivity index (χ0n) is 16.3. The Labute approximate surface area is 164 Å². The lowest BCUT2D eigenvalue weighted by atomic mass is 9.97. The molecule has 0 radical (unpaired) electrons. The molecule has 9 heteroatoms. The number of methoxy groups -OCH3 is 1. The molecule has 1 amide bonds. The molecule has 1 aliphatic rings. The van der Waals surface area contributed by atoms with Crippen molar-refractivity contribution >= 4 is 23.5 Å². The van der Waals surface area contributed by atoms with Crippen LogP contribution in [0, 0.1) is 5.92 Å². The van der Waals surface area contributed by atoms with Gasteiger partial charge >= 0.3 is 0 Å². The molecule has 0 spiro atoms. The predicted octanol–water partition coefficient (Wildman–Crippen LogP) is 1.55. The summed E-state index contributed by atoms with van der Waals surface area (Å²) in [5.74, 6) is 1.88. The Morgan fingerprint density at radius 2 is 2.14 bits per heavy atom. The number of carbonyl (C=O) groups excluding carboxylic acids is 1. The van der Waals surface area contributed by atoms with E-state index in [4.69, 9.17) is 10.5 Å². The first kappa shape index (κ1) is 19.8. The molecule has 1 saturated heterocycles. The molecule has 1 atom stereocenters. The third kappa shape index (κ3) is 5.07. The summed E-state index contributed by atoms with van der Waals surface area (Å²) in [5.41, 5.74) is 6.63. The molecule has 150 valence electrons. The van der Waals surface area contributed by atoms with E-state index in [-0.39, 0.29) is 17.8 Å². The number of nitrogens with zero attached hydrogens (tertiary/aromatic N) is 4. The first-order valence-corrected chi connectivity index (χ1v) is 9.49. The van der Waals surface area contributed by atoms with E-state index in [1.54, 1.807) is 7.11 Å². The lowest BCUT2D eigenvalue weighted by molar-refractivity contribution is -0.126. The smallest absolute Gasteiger partial charge is 0.232 e. The quantitative estimate of drug-likeness (QED) is 0.657. The highest BCUT2D eigenvalue weighted by Crippen LogP contribution is 2.26. The number of anilines is 3. The maximum Gasteiger partial charge on any atom is 0.232 e. The van der Waals surface area contributed by atoms with Gasteiger partial charge in [-0.2, -0.15) is 15.0 Å². The molecular weight excluding hydrogens is 358 g/mol. The Bertz CT molecular complexity index is 815. The number of amides is 1. The number of nitrogens with two attached hydrogens (primary N) is 1. The van der Waals surface area contributed by atoms with Crippen LogP contribution in [0.3, 0.4) is 0 Å². The van der Waals surface area contributed by atoms with E-state index < -0.39 is 0 Å². The van der Waals surface area contributed by atoms with Crippen LogP contribution in [-0.2, 0) is 11.3 Å². The molecule has 1 aromatic heterocycles. The summed E-state index contributed by atoms with van der Waals surface area (Å²) in [7, 11) is 1.61. The number of para-hydroxylation sites is 2. The summed E-state index contributed by atoms with van der Waals surface area (Å²) in [6.07, 6.45) is 1.87. The number of likely N-dealkylation sites (tertiary alicyclic amines) is 1. The van der Waals surface area contributed by atoms with Gasteiger partial charge in [-0.3, -0.25) is 9.69 Å². The highest BCUT2D eigenvalue weighted by Gasteiger charge is 2.26. The summed E-state index contributed by atoms with van der Waals surface area (Å²) < 4.78 is 5.34. The first-order chi connectivity index (χ1) is 13.6. The van der Waals surface area contributed by atoms with Gasteiger partial charge in [-0.05, 0) is 38.4 Å². The first-order valence-electron chi connectivity index (χ1n) is 9.49. The molecule has 2 aromatic rings. The number of carbonyl (C=O) groups is 1. The fraction of sp³-hybridized carbons (Fsp3) is 0.474. The maximum atomic E-state index is 12.1. The molecule has 1 unspecified atom stereocenters. The second-order valence-electron chi connectivity index (χ2n) is 6.73. The average Bonchev–Trinajstić information content (AvgIpc) is 2.68. The topological polar surface area (TPSA) is 118 Å². The lowest BCUT2D eigenvalue weighted by Crippen LogP contribution is -2.42. The summed E-state index contributed by atoms with van der Waals surface area (Å²) in [5, 5.41) is 6.04. The van der Waals surface area contributed by atoms with Crippen LogP contribution < -0.4 is 21.1 Å². The fourth-order valence-corrected chi connectivity index (χ4v) is 3.36. The maximum absolute atomic E-state index is 12.1. The van der Waals surface area contributed by atoms with Crippen molar-refractivity contribution < 1.29 is 9.53 Å². The summed E-state index contributed by atoms with van der Waals surface area (Å²) >= 11 is 0. The van der Waals surface area contributed by atoms with E-state index in [0.29, 0.717) is 37.2 Å². The van der Waals surface area contributed by atoms with Crippen molar-refractivity contribution in [3.05, 3.63) is 30.1 Å². The van der Waals surface area contributed by atoms with Crippen LogP contribution in [0.2, 0.25) is 0 Å². The zero-order valence-corrected chi connectivity index (χ0v) is 16.3. The predicted molar refractivity (Wildman–Crippen MR) is 107 cm³/mol. The van der Waals surface area contributed by atoms with Gasteiger partial charge in [0.1, 0.15) is 11.6 Å². The van der Waals surface area contributed by atoms with Crippen LogP contribution >= 0.6 is 0 Å². The molecule has 3 rings (SSSR count). The van der Waals surface area contributed by atoms with E-state index in [1.807, 2.05) is 31.2 Å². The van der Waals surface area contributed by atoms with Crippen LogP contribution in [0.1, 0.15) is 25.6 Å². The van der Waals surface area contributed by atoms with Crippen molar-refractivity contribution in [2.75, 3.05) is 37.8 Å². The van der Waals surface area contributed by atoms with Crippen LogP contribution in [0.25, 0.3) is 0 Å². The second-order valence-corrected chi connectivity index (χ2v) is 6.73. The van der Waals surface area contributed by atoms with Gasteiger partial charge in [-0.15, -0.1) is 0 Å². The molecule has 28 heavy (non-hydrogen) atoms. The number of hydrogen-bond donors (Lipinski definition) is 3. The van der Waals surface area contributed by atoms with Gasteiger partial charge in [0.05, 0.1) is 25.3 Å². The number of aromatic nitrogens is 3. The van der Waals surface area contributed by atoms with Crippen LogP contribution in [0.4, 0.5) is 17.6 Å². The largest absolute Gasteiger partial charge is 0.495 e. The van der Waals surface area contributed by atoms with Gasteiger partial charge in [0.25, 0.3) is 0 Å². The Hall–Kier alpha value is -2.94. The number of benzene rings is 1. The van der Waals surface area contributed by atoms with Gasteiger partial charge in [-0.1, -0.05) is 12.1 Å². The van der Waals surface area contributed by atoms with Crippen molar-refractivity contribution in [3.63, 3.8) is 0 Å². The normalized spacial score (nSPS) is 17.1. The minimum absolute atomic E-state index is 0.000871. The van der Waals surface area contributed by atoms with E-state index in [0.717, 1.165) is 25.1 Å². The van der Waals surface area contributed by atoms with Gasteiger partial charge in [0, 0.05) is 13.1 Å². The number of piperidine rings is 1. The van der Waals surface area contributed by atoms with Gasteiger partial charge in [0.2, 0.25) is 17.8 Å². The molecular formula is C19H27N7O2. The number of nitrogens with one attached hydrogen (secondary N) is 2. The highest BCUT2D eigenvalue weighted by atomic mass is 16.5. The fourth-order valence-electron chi connectivity index (χ4n) is 3.36. The molecule has 0 bridgehead atoms. The minimum atomic E-state index is -0.000871. The average molecular weight is 385 g/mol. The third-order valence-corrected chi connectivity index (χ3v) is 4.64. The molecule has 1 aliphatic heterocycles. The van der Waals surface area contributed by atoms with Crippen molar-refractivity contribution in [1.82, 2.24) is 25.2 Å². The molecule has 2 heterocycles. The molecule has 0 saturated carbocycles. The van der Waals surface area contributed by atoms with Gasteiger partial charge in [0.15, 0.2) is 0 Å². The second kappa shape index (κ2) is 9.32. The third-order valence-electron chi connectivity index (χ3n) is 4.64. The molecule has 4 N–H and O–H groups in total. The van der Waals surface area contributed by atoms with Gasteiger partial charge < -0.3 is 21.1 Å². The summed E-state index contributed by atoms with van der Waals surface area (Å²) in [6.45, 7) is 4.69. The highest BCUT2D eigenvalue weighted by molar-refractivity contribution is 5.78. The Morgan fingerprint density at radius 3 is 2.93 bits per heavy atom. The monoisotopic (exact) mass is 385 g/mol. The van der Waals surface area contributed by atoms with Crippen molar-refractivity contribution in [2.45, 2.75) is 26.3 Å². The standard InChI is InChI=1S/C19H27N7O2/c1-3-21-17(27)13-7-6-10-26(11-13)12-16-23-18(20)25-19(24-16)22-14-8-4-5-9-15(14)28-2/h4-5,8-9,13H,3,6-7,10-12H2,1-2H3,(H,21,27)(H3,20,22,23,24,25). The number of hydrogen-bond acceptors (Lipinski definition) is 8. The Kier molecular flexibility index (Phi) is 6.59. The van der Waals surface area contributed by atoms with Crippen LogP contribution in [0.15, 0.2) is 24.3 Å². The SMILES string of the molecule is CCNC(=O)C1CCCN(Cc2nc(N)nc(Nc3ccccc3OC)n2)C1. The molecule has 1 aromatic carbocycles. The molecule has 1 fully saturated rings. The van der Waals surface area contributed by atoms with Crippen molar-refractivity contribution in [3.8, 4) is 5.75 Å². The van der Waals surface area contributed by atoms with Crippen LogP contribution in [-0.4, -0.2) is 52.5 Å². The number of nitrogen functional groups attached to an aromatic ring is 1. The van der Waals surface area contributed by atoms with E-state index in [2.05, 4.69) is 30.5 Å². The van der Waals surface area contributed by atoms with Crippen molar-refractivity contribution in [1.29, 1.82) is 0 Å². The van der Waals surface area contributed by atoms with E-state index in [9.17, 15) is 4.79 Å². The Balaban J connectivity index is 1.70. The Morgan fingerprint density at radius 1 is 1.32 bits per heavy atom. The van der Waals surface area contributed by atoms with Crippen LogP contribution in [0.5, 0.6) is 5.75 Å². The van der Waals surface area contributed by atoms with E-state index >= 15 is 0 Å². The van der Waals surface area contributed by atoms with E-state index in [1.165, 1.54) is 0 Å². The van der Waals surface area contributed by atoms with Crippen molar-refractivity contribution in [2.24, 2.45) is 5.92 Å². The number of ether oxygens (including phenoxy) is 1. The van der Waals surface area contributed by atoms with Gasteiger partial charge in [-0.25, -0.2) is 0 Å². The summed E-state index contributed by atoms with van der Waals surface area (Å²) in [4.78, 5) is 27.3. The summed E-state index contributed by atoms with van der Waals surface area (Å²) in [6, 6.07) is 7.51. The molecule has 9 nitrogen and oxygen atoms in total.